The second-order valence-electron chi connectivity index (χ2n) is 13.4. The standard InChI is InChI=1S/C36H29Cl/c1-34(2)29-14-19(10-12-24(29)25-13-11-22(37)18-30(25)34)23-7-5-9-28-33(23)26-6-3-4-8-27(26)36(28)31-16-20-15-21-17-32(36)35(20,21)31/h3-14,18,20-21,31-32H,15-17H2,1-2H3. The van der Waals surface area contributed by atoms with Gasteiger partial charge in [0.25, 0.3) is 0 Å². The minimum absolute atomic E-state index is 0.0604. The molecule has 1 heteroatoms. The van der Waals surface area contributed by atoms with Crippen LogP contribution in [0.25, 0.3) is 33.4 Å². The van der Waals surface area contributed by atoms with Gasteiger partial charge in [-0.3, -0.25) is 0 Å². The summed E-state index contributed by atoms with van der Waals surface area (Å²) in [7, 11) is 0. The Labute approximate surface area is 223 Å². The molecule has 4 unspecified atom stereocenters. The first-order valence-corrected chi connectivity index (χ1v) is 14.5. The molecule has 0 aromatic heterocycles. The molecule has 0 radical (unpaired) electrons. The Hall–Kier alpha value is -2.83. The van der Waals surface area contributed by atoms with Crippen molar-refractivity contribution in [1.82, 2.24) is 0 Å². The molecule has 0 N–H and O–H groups in total. The number of hydrogen-bond acceptors (Lipinski definition) is 0. The van der Waals surface area contributed by atoms with E-state index in [0.29, 0.717) is 0 Å². The summed E-state index contributed by atoms with van der Waals surface area (Å²) in [6, 6.07) is 30.3. The number of fused-ring (bicyclic) bond motifs is 10. The lowest BCUT2D eigenvalue weighted by atomic mass is 9.11. The van der Waals surface area contributed by atoms with E-state index in [2.05, 4.69) is 86.6 Å². The van der Waals surface area contributed by atoms with Gasteiger partial charge in [-0.25, -0.2) is 0 Å². The first-order valence-electron chi connectivity index (χ1n) is 14.2. The number of benzene rings is 4. The van der Waals surface area contributed by atoms with Gasteiger partial charge in [-0.2, -0.15) is 0 Å². The Kier molecular flexibility index (Phi) is 3.23. The van der Waals surface area contributed by atoms with Gasteiger partial charge in [-0.05, 0) is 122 Å². The van der Waals surface area contributed by atoms with Crippen molar-refractivity contribution in [3.8, 4) is 33.4 Å². The summed E-state index contributed by atoms with van der Waals surface area (Å²) in [4.78, 5) is 0. The van der Waals surface area contributed by atoms with E-state index in [1.54, 1.807) is 11.1 Å². The minimum atomic E-state index is -0.0604. The zero-order valence-electron chi connectivity index (χ0n) is 21.3. The van der Waals surface area contributed by atoms with Crippen LogP contribution in [0.1, 0.15) is 55.4 Å². The number of rotatable bonds is 1. The van der Waals surface area contributed by atoms with E-state index in [-0.39, 0.29) is 10.8 Å². The van der Waals surface area contributed by atoms with Crippen LogP contribution in [-0.2, 0) is 10.8 Å². The molecule has 10 rings (SSSR count). The largest absolute Gasteiger partial charge is 0.0843 e. The zero-order valence-corrected chi connectivity index (χ0v) is 22.1. The molecule has 180 valence electrons. The van der Waals surface area contributed by atoms with Crippen LogP contribution in [0.15, 0.2) is 78.9 Å². The molecule has 37 heavy (non-hydrogen) atoms. The molecule has 6 aliphatic rings. The summed E-state index contributed by atoms with van der Waals surface area (Å²) in [5.74, 6) is 3.83. The molecule has 0 bridgehead atoms. The molecule has 6 aliphatic carbocycles. The average Bonchev–Trinajstić information content (AvgIpc) is 3.28. The van der Waals surface area contributed by atoms with E-state index >= 15 is 0 Å². The maximum Gasteiger partial charge on any atom is 0.0409 e. The molecule has 0 aliphatic heterocycles. The predicted octanol–water partition coefficient (Wildman–Crippen LogP) is 9.26. The Morgan fingerprint density at radius 2 is 1.30 bits per heavy atom. The van der Waals surface area contributed by atoms with Crippen molar-refractivity contribution < 1.29 is 0 Å². The van der Waals surface area contributed by atoms with Crippen molar-refractivity contribution in [2.24, 2.45) is 29.1 Å². The van der Waals surface area contributed by atoms with Crippen LogP contribution < -0.4 is 0 Å². The van der Waals surface area contributed by atoms with Gasteiger partial charge in [-0.1, -0.05) is 86.1 Å². The molecular weight excluding hydrogens is 468 g/mol. The van der Waals surface area contributed by atoms with Crippen molar-refractivity contribution >= 4 is 11.6 Å². The van der Waals surface area contributed by atoms with Crippen LogP contribution in [0, 0.1) is 29.1 Å². The summed E-state index contributed by atoms with van der Waals surface area (Å²) in [6.45, 7) is 4.70. The molecule has 4 atom stereocenters. The first-order chi connectivity index (χ1) is 18.0. The second-order valence-corrected chi connectivity index (χ2v) is 13.9. The van der Waals surface area contributed by atoms with Crippen molar-refractivity contribution in [2.75, 3.05) is 0 Å². The van der Waals surface area contributed by atoms with E-state index in [9.17, 15) is 0 Å². The molecule has 4 fully saturated rings. The van der Waals surface area contributed by atoms with Crippen molar-refractivity contribution in [3.63, 3.8) is 0 Å². The Morgan fingerprint density at radius 3 is 2.08 bits per heavy atom. The third-order valence-electron chi connectivity index (χ3n) is 12.4. The second kappa shape index (κ2) is 5.92. The third-order valence-corrected chi connectivity index (χ3v) is 12.7. The number of hydrogen-bond donors (Lipinski definition) is 0. The zero-order chi connectivity index (χ0) is 24.5. The molecule has 0 saturated heterocycles. The lowest BCUT2D eigenvalue weighted by Crippen LogP contribution is -2.88. The molecule has 2 spiro atoms. The maximum atomic E-state index is 6.44. The Morgan fingerprint density at radius 1 is 0.622 bits per heavy atom. The van der Waals surface area contributed by atoms with E-state index < -0.39 is 0 Å². The first kappa shape index (κ1) is 20.2. The molecule has 4 saturated carbocycles. The summed E-state index contributed by atoms with van der Waals surface area (Å²) >= 11 is 6.44. The molecule has 0 nitrogen and oxygen atoms in total. The van der Waals surface area contributed by atoms with Gasteiger partial charge < -0.3 is 0 Å². The van der Waals surface area contributed by atoms with Crippen LogP contribution >= 0.6 is 11.6 Å². The predicted molar refractivity (Wildman–Crippen MR) is 151 cm³/mol. The Bertz CT molecular complexity index is 1720. The van der Waals surface area contributed by atoms with Crippen LogP contribution in [0.4, 0.5) is 0 Å². The fourth-order valence-electron chi connectivity index (χ4n) is 11.1. The van der Waals surface area contributed by atoms with Crippen LogP contribution in [0.3, 0.4) is 0 Å². The monoisotopic (exact) mass is 496 g/mol. The highest BCUT2D eigenvalue weighted by Gasteiger charge is 2.90. The van der Waals surface area contributed by atoms with Crippen molar-refractivity contribution in [2.45, 2.75) is 43.9 Å². The van der Waals surface area contributed by atoms with Gasteiger partial charge in [0.2, 0.25) is 0 Å². The normalized spacial score (nSPS) is 35.0. The highest BCUT2D eigenvalue weighted by Crippen LogP contribution is 2.94. The van der Waals surface area contributed by atoms with E-state index in [4.69, 9.17) is 11.6 Å². The third kappa shape index (κ3) is 1.84. The van der Waals surface area contributed by atoms with Crippen molar-refractivity contribution in [3.05, 3.63) is 106 Å². The summed E-state index contributed by atoms with van der Waals surface area (Å²) in [6.07, 6.45) is 4.44. The molecule has 0 amide bonds. The minimum Gasteiger partial charge on any atom is -0.0843 e. The van der Waals surface area contributed by atoms with Gasteiger partial charge in [0.1, 0.15) is 0 Å². The van der Waals surface area contributed by atoms with Gasteiger partial charge in [-0.15, -0.1) is 0 Å². The van der Waals surface area contributed by atoms with Gasteiger partial charge in [0, 0.05) is 15.9 Å². The van der Waals surface area contributed by atoms with Gasteiger partial charge in [0.05, 0.1) is 0 Å². The summed E-state index contributed by atoms with van der Waals surface area (Å²) in [5.41, 5.74) is 15.5. The molecule has 0 heterocycles. The van der Waals surface area contributed by atoms with Crippen molar-refractivity contribution in [1.29, 1.82) is 0 Å². The topological polar surface area (TPSA) is 0 Å². The van der Waals surface area contributed by atoms with Gasteiger partial charge >= 0.3 is 0 Å². The lowest BCUT2D eigenvalue weighted by Gasteiger charge is -2.92. The molecule has 4 aromatic carbocycles. The lowest BCUT2D eigenvalue weighted by molar-refractivity contribution is -0.412. The fourth-order valence-corrected chi connectivity index (χ4v) is 11.3. The quantitative estimate of drug-likeness (QED) is 0.246. The summed E-state index contributed by atoms with van der Waals surface area (Å²) in [5, 5.41) is 0.823. The fraction of sp³-hybridized carbons (Fsp3) is 0.333. The summed E-state index contributed by atoms with van der Waals surface area (Å²) < 4.78 is 0. The van der Waals surface area contributed by atoms with E-state index in [0.717, 1.165) is 34.1 Å². The van der Waals surface area contributed by atoms with E-state index in [1.165, 1.54) is 63.8 Å². The molecule has 4 aromatic rings. The van der Waals surface area contributed by atoms with Crippen LogP contribution in [-0.4, -0.2) is 0 Å². The smallest absolute Gasteiger partial charge is 0.0409 e. The maximum absolute atomic E-state index is 6.44. The van der Waals surface area contributed by atoms with Crippen LogP contribution in [0.5, 0.6) is 0 Å². The molecular formula is C36H29Cl. The van der Waals surface area contributed by atoms with Crippen LogP contribution in [0.2, 0.25) is 5.02 Å². The van der Waals surface area contributed by atoms with Gasteiger partial charge in [0.15, 0.2) is 0 Å². The average molecular weight is 497 g/mol. The highest BCUT2D eigenvalue weighted by molar-refractivity contribution is 6.30. The number of halogens is 1. The van der Waals surface area contributed by atoms with E-state index in [1.807, 2.05) is 6.07 Å². The SMILES string of the molecule is CC1(C)c2cc(Cl)ccc2-c2ccc(-c3cccc4c3-c3ccccc3C43C4CC5CC6CC3C564)cc21. The highest BCUT2D eigenvalue weighted by atomic mass is 35.5. The Balaban J connectivity index is 1.19.